The summed E-state index contributed by atoms with van der Waals surface area (Å²) >= 11 is 0. The highest BCUT2D eigenvalue weighted by molar-refractivity contribution is 5.44. The number of aliphatic hydroxyl groups is 1. The first-order chi connectivity index (χ1) is 11.2. The van der Waals surface area contributed by atoms with Crippen molar-refractivity contribution in [3.05, 3.63) is 24.5 Å². The lowest BCUT2D eigenvalue weighted by atomic mass is 9.86. The number of anilines is 1. The smallest absolute Gasteiger partial charge is 0.0579 e. The van der Waals surface area contributed by atoms with E-state index in [4.69, 9.17) is 4.74 Å². The minimum absolute atomic E-state index is 0.000537. The fourth-order valence-corrected chi connectivity index (χ4v) is 3.71. The molecule has 1 N–H and O–H groups in total. The topological polar surface area (TPSA) is 48.8 Å². The molecule has 2 aliphatic rings. The van der Waals surface area contributed by atoms with Gasteiger partial charge in [0.1, 0.15) is 0 Å². The Bertz CT molecular complexity index is 465. The van der Waals surface area contributed by atoms with Gasteiger partial charge in [-0.3, -0.25) is 4.98 Å². The zero-order chi connectivity index (χ0) is 16.1. The second-order valence-electron chi connectivity index (χ2n) is 7.31. The van der Waals surface area contributed by atoms with E-state index in [1.165, 1.54) is 24.9 Å². The summed E-state index contributed by atoms with van der Waals surface area (Å²) in [6.07, 6.45) is 7.53. The van der Waals surface area contributed by atoms with E-state index >= 15 is 0 Å². The van der Waals surface area contributed by atoms with Gasteiger partial charge < -0.3 is 19.6 Å². The first kappa shape index (κ1) is 16.7. The predicted octanol–water partition coefficient (Wildman–Crippen LogP) is 1.63. The molecule has 2 saturated heterocycles. The molecule has 2 aliphatic heterocycles. The highest BCUT2D eigenvalue weighted by Crippen LogP contribution is 2.29. The van der Waals surface area contributed by atoms with Crippen molar-refractivity contribution in [2.75, 3.05) is 57.9 Å². The molecule has 1 aromatic rings. The van der Waals surface area contributed by atoms with E-state index in [1.807, 2.05) is 12.4 Å². The molecule has 1 aromatic heterocycles. The van der Waals surface area contributed by atoms with Crippen LogP contribution in [-0.2, 0) is 4.74 Å². The average Bonchev–Trinajstić information content (AvgIpc) is 2.57. The monoisotopic (exact) mass is 319 g/mol. The number of aliphatic hydroxyl groups excluding tert-OH is 1. The van der Waals surface area contributed by atoms with E-state index in [0.717, 1.165) is 32.1 Å². The fraction of sp³-hybridized carbons (Fsp3) is 0.722. The van der Waals surface area contributed by atoms with Crippen LogP contribution in [0.25, 0.3) is 0 Å². The van der Waals surface area contributed by atoms with Gasteiger partial charge in [-0.15, -0.1) is 0 Å². The van der Waals surface area contributed by atoms with Crippen LogP contribution in [0.3, 0.4) is 0 Å². The van der Waals surface area contributed by atoms with Gasteiger partial charge in [0.2, 0.25) is 0 Å². The molecule has 0 amide bonds. The Labute approximate surface area is 139 Å². The maximum absolute atomic E-state index is 9.52. The molecule has 5 heteroatoms. The second kappa shape index (κ2) is 7.60. The molecule has 0 spiro atoms. The molecule has 2 fully saturated rings. The molecule has 0 atom stereocenters. The molecule has 23 heavy (non-hydrogen) atoms. The molecule has 0 aliphatic carbocycles. The van der Waals surface area contributed by atoms with E-state index in [9.17, 15) is 5.11 Å². The summed E-state index contributed by atoms with van der Waals surface area (Å²) in [7, 11) is 2.17. The number of pyridine rings is 1. The summed E-state index contributed by atoms with van der Waals surface area (Å²) in [6, 6.07) is 4.20. The number of hydrogen-bond acceptors (Lipinski definition) is 5. The first-order valence-electron chi connectivity index (χ1n) is 8.73. The van der Waals surface area contributed by atoms with Crippen LogP contribution in [-0.4, -0.2) is 68.0 Å². The molecule has 0 radical (unpaired) electrons. The lowest BCUT2D eigenvalue weighted by Crippen LogP contribution is -2.52. The molecule has 3 heterocycles. The number of piperidine rings is 1. The van der Waals surface area contributed by atoms with Gasteiger partial charge in [0.25, 0.3) is 0 Å². The Morgan fingerprint density at radius 3 is 2.57 bits per heavy atom. The highest BCUT2D eigenvalue weighted by atomic mass is 16.5. The minimum Gasteiger partial charge on any atom is -0.396 e. The molecule has 128 valence electrons. The van der Waals surface area contributed by atoms with Gasteiger partial charge in [-0.25, -0.2) is 0 Å². The molecule has 3 rings (SSSR count). The summed E-state index contributed by atoms with van der Waals surface area (Å²) in [5, 5.41) is 9.52. The molecular weight excluding hydrogens is 290 g/mol. The van der Waals surface area contributed by atoms with Gasteiger partial charge in [-0.2, -0.15) is 0 Å². The van der Waals surface area contributed by atoms with E-state index in [1.54, 1.807) is 0 Å². The third-order valence-corrected chi connectivity index (χ3v) is 5.32. The minimum atomic E-state index is -0.000537. The standard InChI is InChI=1S/C18H29N3O2/c1-20(12-18(13-22)14-23-15-18)9-4-16-5-10-21(11-6-16)17-2-7-19-8-3-17/h2-3,7-8,16,22H,4-6,9-15H2,1H3. The van der Waals surface area contributed by atoms with Crippen molar-refractivity contribution in [1.82, 2.24) is 9.88 Å². The third-order valence-electron chi connectivity index (χ3n) is 5.32. The lowest BCUT2D eigenvalue weighted by Gasteiger charge is -2.42. The Morgan fingerprint density at radius 1 is 1.30 bits per heavy atom. The van der Waals surface area contributed by atoms with Crippen molar-refractivity contribution in [3.63, 3.8) is 0 Å². The highest BCUT2D eigenvalue weighted by Gasteiger charge is 2.38. The third kappa shape index (κ3) is 4.22. The summed E-state index contributed by atoms with van der Waals surface area (Å²) in [5.41, 5.74) is 1.30. The Balaban J connectivity index is 1.37. The first-order valence-corrected chi connectivity index (χ1v) is 8.73. The van der Waals surface area contributed by atoms with Crippen molar-refractivity contribution in [2.45, 2.75) is 19.3 Å². The summed E-state index contributed by atoms with van der Waals surface area (Å²) < 4.78 is 5.28. The van der Waals surface area contributed by atoms with Crippen LogP contribution in [0.1, 0.15) is 19.3 Å². The maximum atomic E-state index is 9.52. The Morgan fingerprint density at radius 2 is 2.00 bits per heavy atom. The SMILES string of the molecule is CN(CCC1CCN(c2ccncc2)CC1)CC1(CO)COC1. The zero-order valence-corrected chi connectivity index (χ0v) is 14.2. The van der Waals surface area contributed by atoms with Crippen molar-refractivity contribution < 1.29 is 9.84 Å². The largest absolute Gasteiger partial charge is 0.396 e. The van der Waals surface area contributed by atoms with E-state index < -0.39 is 0 Å². The van der Waals surface area contributed by atoms with Crippen LogP contribution >= 0.6 is 0 Å². The summed E-state index contributed by atoms with van der Waals surface area (Å²) in [6.45, 7) is 6.00. The van der Waals surface area contributed by atoms with E-state index in [0.29, 0.717) is 13.2 Å². The fourth-order valence-electron chi connectivity index (χ4n) is 3.71. The number of rotatable bonds is 7. The van der Waals surface area contributed by atoms with Crippen LogP contribution in [0.15, 0.2) is 24.5 Å². The van der Waals surface area contributed by atoms with Crippen molar-refractivity contribution in [2.24, 2.45) is 11.3 Å². The van der Waals surface area contributed by atoms with Gasteiger partial charge in [0.15, 0.2) is 0 Å². The Hall–Kier alpha value is -1.17. The van der Waals surface area contributed by atoms with Crippen LogP contribution in [0, 0.1) is 11.3 Å². The second-order valence-corrected chi connectivity index (χ2v) is 7.31. The number of nitrogens with zero attached hydrogens (tertiary/aromatic N) is 3. The van der Waals surface area contributed by atoms with Gasteiger partial charge >= 0.3 is 0 Å². The molecular formula is C18H29N3O2. The van der Waals surface area contributed by atoms with Crippen LogP contribution in [0.5, 0.6) is 0 Å². The summed E-state index contributed by atoms with van der Waals surface area (Å²) in [4.78, 5) is 8.93. The van der Waals surface area contributed by atoms with Crippen LogP contribution < -0.4 is 4.90 Å². The molecule has 0 saturated carbocycles. The Kier molecular flexibility index (Phi) is 5.51. The number of ether oxygens (including phenoxy) is 1. The van der Waals surface area contributed by atoms with Gasteiger partial charge in [0, 0.05) is 37.7 Å². The molecule has 5 nitrogen and oxygen atoms in total. The molecule has 0 bridgehead atoms. The maximum Gasteiger partial charge on any atom is 0.0579 e. The quantitative estimate of drug-likeness (QED) is 0.828. The zero-order valence-electron chi connectivity index (χ0n) is 14.2. The summed E-state index contributed by atoms with van der Waals surface area (Å²) in [5.74, 6) is 0.818. The van der Waals surface area contributed by atoms with Crippen molar-refractivity contribution in [3.8, 4) is 0 Å². The van der Waals surface area contributed by atoms with E-state index in [2.05, 4.69) is 34.0 Å². The lowest BCUT2D eigenvalue weighted by molar-refractivity contribution is -0.146. The van der Waals surface area contributed by atoms with Crippen LogP contribution in [0.4, 0.5) is 5.69 Å². The predicted molar refractivity (Wildman–Crippen MR) is 91.6 cm³/mol. The average molecular weight is 319 g/mol. The van der Waals surface area contributed by atoms with E-state index in [-0.39, 0.29) is 12.0 Å². The number of aromatic nitrogens is 1. The normalized spacial score (nSPS) is 21.4. The molecule has 0 unspecified atom stereocenters. The van der Waals surface area contributed by atoms with Crippen LogP contribution in [0.2, 0.25) is 0 Å². The van der Waals surface area contributed by atoms with Crippen molar-refractivity contribution in [1.29, 1.82) is 0 Å². The number of hydrogen-bond donors (Lipinski definition) is 1. The van der Waals surface area contributed by atoms with Gasteiger partial charge in [-0.05, 0) is 50.9 Å². The van der Waals surface area contributed by atoms with Gasteiger partial charge in [0.05, 0.1) is 25.2 Å². The molecule has 0 aromatic carbocycles. The van der Waals surface area contributed by atoms with Gasteiger partial charge in [-0.1, -0.05) is 0 Å². The van der Waals surface area contributed by atoms with Crippen molar-refractivity contribution >= 4 is 5.69 Å².